The molecule has 1 heterocycles. The molecule has 4 aliphatic carbocycles. The van der Waals surface area contributed by atoms with Crippen molar-refractivity contribution in [2.75, 3.05) is 13.2 Å². The Kier molecular flexibility index (Phi) is 5.19. The zero-order valence-electron chi connectivity index (χ0n) is 18.7. The SMILES string of the molecule is C[C@]12CCC(OCCCN)CC1=CC[C@@H]1[C@H]2CC[C@]2(C)C(c3ccoc3)CC[C@@]12O. The van der Waals surface area contributed by atoms with Crippen LogP contribution in [0.4, 0.5) is 0 Å². The molecule has 5 rings (SSSR count). The number of aliphatic hydroxyl groups is 1. The summed E-state index contributed by atoms with van der Waals surface area (Å²) in [7, 11) is 0. The Morgan fingerprint density at radius 2 is 2.03 bits per heavy atom. The summed E-state index contributed by atoms with van der Waals surface area (Å²) in [4.78, 5) is 0. The maximum absolute atomic E-state index is 12.2. The molecule has 1 aromatic rings. The molecule has 166 valence electrons. The summed E-state index contributed by atoms with van der Waals surface area (Å²) in [6.45, 7) is 6.33. The van der Waals surface area contributed by atoms with Gasteiger partial charge in [0.05, 0.1) is 24.2 Å². The second-order valence-corrected chi connectivity index (χ2v) is 11.0. The molecule has 3 saturated carbocycles. The van der Waals surface area contributed by atoms with Crippen LogP contribution in [0.1, 0.15) is 83.1 Å². The summed E-state index contributed by atoms with van der Waals surface area (Å²) < 4.78 is 11.5. The van der Waals surface area contributed by atoms with E-state index in [2.05, 4.69) is 26.0 Å². The average Bonchev–Trinajstić information content (AvgIpc) is 3.34. The number of nitrogens with two attached hydrogens (primary N) is 1. The fourth-order valence-corrected chi connectivity index (χ4v) is 8.08. The maximum atomic E-state index is 12.2. The lowest BCUT2D eigenvalue weighted by Crippen LogP contribution is -2.60. The summed E-state index contributed by atoms with van der Waals surface area (Å²) in [5, 5.41) is 12.2. The zero-order valence-corrected chi connectivity index (χ0v) is 18.7. The van der Waals surface area contributed by atoms with Crippen LogP contribution >= 0.6 is 0 Å². The lowest BCUT2D eigenvalue weighted by atomic mass is 9.45. The lowest BCUT2D eigenvalue weighted by Gasteiger charge is -2.61. The van der Waals surface area contributed by atoms with E-state index in [1.54, 1.807) is 11.8 Å². The molecule has 0 amide bonds. The van der Waals surface area contributed by atoms with Gasteiger partial charge in [0, 0.05) is 12.0 Å². The molecule has 0 spiro atoms. The van der Waals surface area contributed by atoms with E-state index < -0.39 is 5.60 Å². The van der Waals surface area contributed by atoms with Crippen LogP contribution < -0.4 is 5.73 Å². The highest BCUT2D eigenvalue weighted by molar-refractivity contribution is 5.31. The minimum Gasteiger partial charge on any atom is -0.472 e. The van der Waals surface area contributed by atoms with Crippen LogP contribution in [-0.4, -0.2) is 30.0 Å². The van der Waals surface area contributed by atoms with E-state index in [9.17, 15) is 5.11 Å². The molecule has 3 fully saturated rings. The largest absolute Gasteiger partial charge is 0.472 e. The molecule has 0 aliphatic heterocycles. The standard InChI is InChI=1S/C26H39NO3/c1-24-10-6-20(30-14-3-13-27)16-19(24)4-5-23-22(24)7-11-25(2)21(8-12-26(23,25)28)18-9-15-29-17-18/h4,9,15,17,20-23,28H,3,5-8,10-14,16,27H2,1-2H3/t20?,21?,22-,23-,24+,25-,26-/m1/s1. The molecule has 0 radical (unpaired) electrons. The van der Waals surface area contributed by atoms with Crippen LogP contribution in [0.2, 0.25) is 0 Å². The molecule has 4 aliphatic rings. The molecule has 0 saturated heterocycles. The van der Waals surface area contributed by atoms with Crippen molar-refractivity contribution >= 4 is 0 Å². The summed E-state index contributed by atoms with van der Waals surface area (Å²) in [5.74, 6) is 1.37. The molecule has 4 heteroatoms. The number of furan rings is 1. The van der Waals surface area contributed by atoms with Gasteiger partial charge in [0.15, 0.2) is 0 Å². The van der Waals surface area contributed by atoms with Gasteiger partial charge in [-0.2, -0.15) is 0 Å². The lowest BCUT2D eigenvalue weighted by molar-refractivity contribution is -0.173. The molecule has 0 aromatic carbocycles. The topological polar surface area (TPSA) is 68.6 Å². The van der Waals surface area contributed by atoms with E-state index in [1.807, 2.05) is 6.26 Å². The highest BCUT2D eigenvalue weighted by atomic mass is 16.5. The average molecular weight is 414 g/mol. The van der Waals surface area contributed by atoms with Gasteiger partial charge >= 0.3 is 0 Å². The minimum atomic E-state index is -0.572. The van der Waals surface area contributed by atoms with Gasteiger partial charge in [-0.05, 0) is 99.1 Å². The van der Waals surface area contributed by atoms with Gasteiger partial charge in [-0.1, -0.05) is 25.5 Å². The van der Waals surface area contributed by atoms with Crippen LogP contribution in [-0.2, 0) is 4.74 Å². The first kappa shape index (κ1) is 20.8. The summed E-state index contributed by atoms with van der Waals surface area (Å²) in [6, 6.07) is 2.11. The Labute approximate surface area is 181 Å². The van der Waals surface area contributed by atoms with E-state index >= 15 is 0 Å². The molecule has 3 N–H and O–H groups in total. The highest BCUT2D eigenvalue weighted by Gasteiger charge is 2.66. The fraction of sp³-hybridized carbons (Fsp3) is 0.769. The third-order valence-electron chi connectivity index (χ3n) is 9.90. The van der Waals surface area contributed by atoms with Crippen molar-refractivity contribution in [2.24, 2.45) is 28.4 Å². The molecule has 30 heavy (non-hydrogen) atoms. The van der Waals surface area contributed by atoms with Gasteiger partial charge in [0.25, 0.3) is 0 Å². The Bertz CT molecular complexity index is 788. The first-order chi connectivity index (χ1) is 14.4. The number of allylic oxidation sites excluding steroid dienone is 1. The summed E-state index contributed by atoms with van der Waals surface area (Å²) >= 11 is 0. The van der Waals surface area contributed by atoms with Crippen LogP contribution in [0.5, 0.6) is 0 Å². The second-order valence-electron chi connectivity index (χ2n) is 11.0. The van der Waals surface area contributed by atoms with Crippen LogP contribution in [0.15, 0.2) is 34.7 Å². The van der Waals surface area contributed by atoms with Gasteiger partial charge in [0.2, 0.25) is 0 Å². The van der Waals surface area contributed by atoms with Crippen molar-refractivity contribution in [2.45, 2.75) is 89.3 Å². The third kappa shape index (κ3) is 2.90. The van der Waals surface area contributed by atoms with Gasteiger partial charge in [-0.25, -0.2) is 0 Å². The van der Waals surface area contributed by atoms with Crippen LogP contribution in [0.3, 0.4) is 0 Å². The van der Waals surface area contributed by atoms with E-state index in [0.29, 0.717) is 30.4 Å². The predicted molar refractivity (Wildman–Crippen MR) is 118 cm³/mol. The maximum Gasteiger partial charge on any atom is 0.0937 e. The van der Waals surface area contributed by atoms with Crippen molar-refractivity contribution in [3.05, 3.63) is 35.8 Å². The fourth-order valence-electron chi connectivity index (χ4n) is 8.08. The minimum absolute atomic E-state index is 0.0533. The van der Waals surface area contributed by atoms with E-state index in [4.69, 9.17) is 14.9 Å². The first-order valence-corrected chi connectivity index (χ1v) is 12.2. The predicted octanol–water partition coefficient (Wildman–Crippen LogP) is 5.17. The van der Waals surface area contributed by atoms with Gasteiger partial charge in [0.1, 0.15) is 0 Å². The molecule has 1 aromatic heterocycles. The van der Waals surface area contributed by atoms with Crippen molar-refractivity contribution < 1.29 is 14.3 Å². The first-order valence-electron chi connectivity index (χ1n) is 12.2. The van der Waals surface area contributed by atoms with Gasteiger partial charge in [-0.15, -0.1) is 0 Å². The Hall–Kier alpha value is -1.10. The quantitative estimate of drug-likeness (QED) is 0.516. The second kappa shape index (κ2) is 7.50. The van der Waals surface area contributed by atoms with Crippen molar-refractivity contribution in [3.63, 3.8) is 0 Å². The number of ether oxygens (including phenoxy) is 1. The van der Waals surface area contributed by atoms with Gasteiger partial charge in [-0.3, -0.25) is 0 Å². The molecule has 2 unspecified atom stereocenters. The van der Waals surface area contributed by atoms with Crippen molar-refractivity contribution in [3.8, 4) is 0 Å². The molecule has 4 nitrogen and oxygen atoms in total. The molecular weight excluding hydrogens is 374 g/mol. The third-order valence-corrected chi connectivity index (χ3v) is 9.90. The van der Waals surface area contributed by atoms with Crippen LogP contribution in [0.25, 0.3) is 0 Å². The zero-order chi connectivity index (χ0) is 21.0. The normalized spacial score (nSPS) is 45.4. The molecule has 7 atom stereocenters. The summed E-state index contributed by atoms with van der Waals surface area (Å²) in [6.07, 6.45) is 16.2. The van der Waals surface area contributed by atoms with Crippen molar-refractivity contribution in [1.82, 2.24) is 0 Å². The Morgan fingerprint density at radius 3 is 2.80 bits per heavy atom. The van der Waals surface area contributed by atoms with E-state index in [0.717, 1.165) is 51.6 Å². The van der Waals surface area contributed by atoms with Gasteiger partial charge < -0.3 is 20.0 Å². The Morgan fingerprint density at radius 1 is 1.17 bits per heavy atom. The van der Waals surface area contributed by atoms with Crippen molar-refractivity contribution in [1.29, 1.82) is 0 Å². The van der Waals surface area contributed by atoms with E-state index in [1.165, 1.54) is 18.4 Å². The molecular formula is C26H39NO3. The summed E-state index contributed by atoms with van der Waals surface area (Å²) in [5.41, 5.74) is 8.11. The van der Waals surface area contributed by atoms with Crippen LogP contribution in [0, 0.1) is 22.7 Å². The highest BCUT2D eigenvalue weighted by Crippen LogP contribution is 2.69. The number of hydrogen-bond donors (Lipinski definition) is 2. The smallest absolute Gasteiger partial charge is 0.0937 e. The monoisotopic (exact) mass is 413 g/mol. The Balaban J connectivity index is 1.39. The number of fused-ring (bicyclic) bond motifs is 5. The number of hydrogen-bond acceptors (Lipinski definition) is 4. The molecule has 0 bridgehead atoms. The number of rotatable bonds is 5. The van der Waals surface area contributed by atoms with E-state index in [-0.39, 0.29) is 10.8 Å².